The number of rotatable bonds is 6. The zero-order valence-electron chi connectivity index (χ0n) is 12.2. The molecule has 0 radical (unpaired) electrons. The third-order valence-electron chi connectivity index (χ3n) is 2.93. The SMILES string of the molecule is Cc1nc(-c2ccc(OCCCN(C)C)c(N)c2)cs1. The Kier molecular flexibility index (Phi) is 4.98. The highest BCUT2D eigenvalue weighted by atomic mass is 32.1. The van der Waals surface area contributed by atoms with E-state index >= 15 is 0 Å². The molecule has 0 aliphatic rings. The van der Waals surface area contributed by atoms with Crippen LogP contribution in [0.4, 0.5) is 5.69 Å². The van der Waals surface area contributed by atoms with Crippen molar-refractivity contribution in [3.63, 3.8) is 0 Å². The number of benzene rings is 1. The van der Waals surface area contributed by atoms with Crippen molar-refractivity contribution in [3.05, 3.63) is 28.6 Å². The molecule has 5 heteroatoms. The monoisotopic (exact) mass is 291 g/mol. The van der Waals surface area contributed by atoms with E-state index in [0.29, 0.717) is 12.3 Å². The van der Waals surface area contributed by atoms with Crippen LogP contribution in [-0.2, 0) is 0 Å². The van der Waals surface area contributed by atoms with Crippen molar-refractivity contribution >= 4 is 17.0 Å². The quantitative estimate of drug-likeness (QED) is 0.656. The van der Waals surface area contributed by atoms with Gasteiger partial charge in [0.1, 0.15) is 5.75 Å². The van der Waals surface area contributed by atoms with Gasteiger partial charge in [0.2, 0.25) is 0 Å². The number of nitrogens with two attached hydrogens (primary N) is 1. The van der Waals surface area contributed by atoms with Crippen LogP contribution in [0.5, 0.6) is 5.75 Å². The Labute approximate surface area is 124 Å². The Balaban J connectivity index is 1.99. The summed E-state index contributed by atoms with van der Waals surface area (Å²) in [6.07, 6.45) is 0.986. The van der Waals surface area contributed by atoms with Crippen LogP contribution in [-0.4, -0.2) is 37.1 Å². The Bertz CT molecular complexity index is 566. The second-order valence-corrected chi connectivity index (χ2v) is 6.07. The van der Waals surface area contributed by atoms with Crippen LogP contribution in [0.25, 0.3) is 11.3 Å². The number of ether oxygens (including phenoxy) is 1. The molecule has 0 spiro atoms. The molecule has 0 unspecified atom stereocenters. The summed E-state index contributed by atoms with van der Waals surface area (Å²) in [5.74, 6) is 0.749. The van der Waals surface area contributed by atoms with Crippen molar-refractivity contribution in [3.8, 4) is 17.0 Å². The van der Waals surface area contributed by atoms with Crippen LogP contribution in [0.1, 0.15) is 11.4 Å². The zero-order valence-corrected chi connectivity index (χ0v) is 13.0. The molecular formula is C15H21N3OS. The van der Waals surface area contributed by atoms with Gasteiger partial charge in [0.25, 0.3) is 0 Å². The van der Waals surface area contributed by atoms with E-state index in [9.17, 15) is 0 Å². The van der Waals surface area contributed by atoms with Crippen LogP contribution >= 0.6 is 11.3 Å². The van der Waals surface area contributed by atoms with Gasteiger partial charge in [0.05, 0.1) is 23.0 Å². The van der Waals surface area contributed by atoms with Gasteiger partial charge in [-0.2, -0.15) is 0 Å². The number of hydrogen-bond acceptors (Lipinski definition) is 5. The number of nitrogens with zero attached hydrogens (tertiary/aromatic N) is 2. The number of thiazole rings is 1. The van der Waals surface area contributed by atoms with Crippen molar-refractivity contribution in [2.45, 2.75) is 13.3 Å². The highest BCUT2D eigenvalue weighted by molar-refractivity contribution is 7.09. The highest BCUT2D eigenvalue weighted by Gasteiger charge is 2.06. The third-order valence-corrected chi connectivity index (χ3v) is 3.71. The van der Waals surface area contributed by atoms with Crippen molar-refractivity contribution in [1.29, 1.82) is 0 Å². The lowest BCUT2D eigenvalue weighted by Crippen LogP contribution is -2.15. The maximum atomic E-state index is 6.05. The predicted molar refractivity (Wildman–Crippen MR) is 85.4 cm³/mol. The van der Waals surface area contributed by atoms with Crippen LogP contribution in [0.2, 0.25) is 0 Å². The minimum atomic E-state index is 0.665. The zero-order chi connectivity index (χ0) is 14.5. The minimum absolute atomic E-state index is 0.665. The summed E-state index contributed by atoms with van der Waals surface area (Å²) in [5, 5.41) is 3.10. The standard InChI is InChI=1S/C15H21N3OS/c1-11-17-14(10-20-11)12-5-6-15(13(16)9-12)19-8-4-7-18(2)3/h5-6,9-10H,4,7-8,16H2,1-3H3. The molecule has 2 rings (SSSR count). The molecule has 1 aromatic carbocycles. The summed E-state index contributed by atoms with van der Waals surface area (Å²) in [6.45, 7) is 3.69. The van der Waals surface area contributed by atoms with E-state index in [1.54, 1.807) is 11.3 Å². The minimum Gasteiger partial charge on any atom is -0.491 e. The van der Waals surface area contributed by atoms with E-state index < -0.39 is 0 Å². The number of anilines is 1. The van der Waals surface area contributed by atoms with Gasteiger partial charge in [0, 0.05) is 17.5 Å². The summed E-state index contributed by atoms with van der Waals surface area (Å²) < 4.78 is 5.71. The first-order valence-electron chi connectivity index (χ1n) is 6.66. The largest absolute Gasteiger partial charge is 0.491 e. The summed E-state index contributed by atoms with van der Waals surface area (Å²) in [6, 6.07) is 5.86. The van der Waals surface area contributed by atoms with E-state index in [-0.39, 0.29) is 0 Å². The second-order valence-electron chi connectivity index (χ2n) is 5.01. The molecule has 0 aliphatic carbocycles. The molecular weight excluding hydrogens is 270 g/mol. The molecule has 0 fully saturated rings. The summed E-state index contributed by atoms with van der Waals surface area (Å²) in [7, 11) is 4.11. The van der Waals surface area contributed by atoms with Gasteiger partial charge in [-0.25, -0.2) is 4.98 Å². The van der Waals surface area contributed by atoms with Crippen LogP contribution in [0, 0.1) is 6.92 Å². The van der Waals surface area contributed by atoms with Crippen molar-refractivity contribution < 1.29 is 4.74 Å². The van der Waals surface area contributed by atoms with E-state index in [2.05, 4.69) is 24.0 Å². The Morgan fingerprint density at radius 3 is 2.75 bits per heavy atom. The molecule has 2 aromatic rings. The summed E-state index contributed by atoms with van der Waals surface area (Å²) >= 11 is 1.64. The molecule has 0 saturated heterocycles. The number of aryl methyl sites for hydroxylation is 1. The van der Waals surface area contributed by atoms with Gasteiger partial charge < -0.3 is 15.4 Å². The van der Waals surface area contributed by atoms with E-state index in [1.807, 2.05) is 30.5 Å². The maximum absolute atomic E-state index is 6.05. The lowest BCUT2D eigenvalue weighted by molar-refractivity contribution is 0.283. The smallest absolute Gasteiger partial charge is 0.142 e. The highest BCUT2D eigenvalue weighted by Crippen LogP contribution is 2.29. The molecule has 2 N–H and O–H groups in total. The molecule has 0 amide bonds. The first-order chi connectivity index (χ1) is 9.56. The second kappa shape index (κ2) is 6.72. The summed E-state index contributed by atoms with van der Waals surface area (Å²) in [5.41, 5.74) is 8.72. The Morgan fingerprint density at radius 1 is 1.35 bits per heavy atom. The van der Waals surface area contributed by atoms with Gasteiger partial charge >= 0.3 is 0 Å². The fourth-order valence-corrected chi connectivity index (χ4v) is 2.52. The first-order valence-corrected chi connectivity index (χ1v) is 7.54. The molecule has 0 saturated carbocycles. The number of aromatic nitrogens is 1. The molecule has 0 bridgehead atoms. The lowest BCUT2D eigenvalue weighted by Gasteiger charge is -2.12. The number of hydrogen-bond donors (Lipinski definition) is 1. The van der Waals surface area contributed by atoms with Gasteiger partial charge in [-0.05, 0) is 45.6 Å². The average molecular weight is 291 g/mol. The van der Waals surface area contributed by atoms with E-state index in [0.717, 1.165) is 35.0 Å². The van der Waals surface area contributed by atoms with Gasteiger partial charge in [-0.15, -0.1) is 11.3 Å². The fourth-order valence-electron chi connectivity index (χ4n) is 1.90. The first kappa shape index (κ1) is 14.8. The molecule has 1 heterocycles. The van der Waals surface area contributed by atoms with Gasteiger partial charge in [0.15, 0.2) is 0 Å². The maximum Gasteiger partial charge on any atom is 0.142 e. The Hall–Kier alpha value is -1.59. The topological polar surface area (TPSA) is 51.4 Å². The molecule has 4 nitrogen and oxygen atoms in total. The summed E-state index contributed by atoms with van der Waals surface area (Å²) in [4.78, 5) is 6.60. The van der Waals surface area contributed by atoms with Crippen molar-refractivity contribution in [2.24, 2.45) is 0 Å². The third kappa shape index (κ3) is 3.95. The molecule has 20 heavy (non-hydrogen) atoms. The normalized spacial score (nSPS) is 11.0. The van der Waals surface area contributed by atoms with Gasteiger partial charge in [-0.1, -0.05) is 0 Å². The molecule has 0 atom stereocenters. The van der Waals surface area contributed by atoms with Gasteiger partial charge in [-0.3, -0.25) is 0 Å². The molecule has 1 aromatic heterocycles. The molecule has 108 valence electrons. The van der Waals surface area contributed by atoms with Crippen LogP contribution in [0.15, 0.2) is 23.6 Å². The molecule has 0 aliphatic heterocycles. The fraction of sp³-hybridized carbons (Fsp3) is 0.400. The van der Waals surface area contributed by atoms with E-state index in [4.69, 9.17) is 10.5 Å². The van der Waals surface area contributed by atoms with Crippen LogP contribution < -0.4 is 10.5 Å². The predicted octanol–water partition coefficient (Wildman–Crippen LogP) is 3.03. The Morgan fingerprint density at radius 2 is 2.15 bits per heavy atom. The lowest BCUT2D eigenvalue weighted by atomic mass is 10.1. The van der Waals surface area contributed by atoms with E-state index in [1.165, 1.54) is 0 Å². The van der Waals surface area contributed by atoms with Crippen molar-refractivity contribution in [1.82, 2.24) is 9.88 Å². The van der Waals surface area contributed by atoms with Crippen LogP contribution in [0.3, 0.4) is 0 Å². The van der Waals surface area contributed by atoms with Crippen molar-refractivity contribution in [2.75, 3.05) is 33.0 Å². The number of nitrogen functional groups attached to an aromatic ring is 1. The average Bonchev–Trinajstić information content (AvgIpc) is 2.82.